The normalized spacial score (nSPS) is 13.9. The molecular weight excluding hydrogens is 330 g/mol. The highest BCUT2D eigenvalue weighted by Gasteiger charge is 2.27. The van der Waals surface area contributed by atoms with E-state index in [2.05, 4.69) is 10.2 Å². The fourth-order valence-corrected chi connectivity index (χ4v) is 2.93. The number of carboxylic acids is 1. The first-order valence-corrected chi connectivity index (χ1v) is 8.15. The molecule has 1 heterocycles. The Kier molecular flexibility index (Phi) is 5.85. The average molecular weight is 352 g/mol. The Morgan fingerprint density at radius 2 is 1.96 bits per heavy atom. The zero-order chi connectivity index (χ0) is 17.9. The molecule has 1 amide bonds. The number of nitrogens with one attached hydrogen (secondary N) is 2. The van der Waals surface area contributed by atoms with Gasteiger partial charge in [0.25, 0.3) is 0 Å². The number of nitrogens with zero attached hydrogens (tertiary/aromatic N) is 1. The molecule has 2 aromatic rings. The van der Waals surface area contributed by atoms with Crippen LogP contribution in [0.15, 0.2) is 30.5 Å². The minimum atomic E-state index is -1.06. The van der Waals surface area contributed by atoms with E-state index < -0.39 is 24.0 Å². The number of hydrogen-bond acceptors (Lipinski definition) is 3. The number of aliphatic carboxylic acids is 1. The number of rotatable bonds is 7. The number of carboxylic acid groups (broad SMARTS) is 1. The molecule has 1 aromatic heterocycles. The fourth-order valence-electron chi connectivity index (χ4n) is 2.76. The third kappa shape index (κ3) is 3.88. The van der Waals surface area contributed by atoms with Gasteiger partial charge in [-0.25, -0.2) is 9.63 Å². The van der Waals surface area contributed by atoms with Crippen molar-refractivity contribution in [1.29, 1.82) is 0 Å². The summed E-state index contributed by atoms with van der Waals surface area (Å²) in [5.41, 5.74) is 2.03. The Bertz CT molecular complexity index is 742. The topological polar surface area (TPSA) is 83.4 Å². The first kappa shape index (κ1) is 18.3. The van der Waals surface area contributed by atoms with E-state index in [1.807, 2.05) is 42.1 Å². The molecule has 2 atom stereocenters. The van der Waals surface area contributed by atoms with Crippen molar-refractivity contribution in [2.75, 3.05) is 0 Å². The Morgan fingerprint density at radius 3 is 2.54 bits per heavy atom. The van der Waals surface area contributed by atoms with Gasteiger partial charge in [0.1, 0.15) is 12.1 Å². The number of fused-ring (bicyclic) bond motifs is 1. The molecule has 0 saturated carbocycles. The molecule has 3 N–H and O–H groups in total. The number of aromatic nitrogens is 1. The van der Waals surface area contributed by atoms with Gasteiger partial charge < -0.3 is 15.0 Å². The molecule has 6 nitrogen and oxygen atoms in total. The van der Waals surface area contributed by atoms with Gasteiger partial charge in [-0.1, -0.05) is 32.0 Å². The summed E-state index contributed by atoms with van der Waals surface area (Å²) >= 11 is 5.75. The number of carbonyl (C=O) groups excluding carboxylic acids is 1. The van der Waals surface area contributed by atoms with E-state index in [1.165, 1.54) is 0 Å². The Balaban J connectivity index is 2.19. The molecule has 0 fully saturated rings. The van der Waals surface area contributed by atoms with Crippen LogP contribution >= 0.6 is 11.8 Å². The summed E-state index contributed by atoms with van der Waals surface area (Å²) in [4.78, 5) is 26.1. The van der Waals surface area contributed by atoms with Crippen molar-refractivity contribution in [2.24, 2.45) is 13.0 Å². The molecule has 0 aliphatic carbocycles. The van der Waals surface area contributed by atoms with Crippen molar-refractivity contribution in [3.63, 3.8) is 0 Å². The summed E-state index contributed by atoms with van der Waals surface area (Å²) in [6.07, 6.45) is 2.32. The number of para-hydroxylation sites is 1. The molecule has 0 aliphatic rings. The van der Waals surface area contributed by atoms with E-state index in [0.29, 0.717) is 6.42 Å². The van der Waals surface area contributed by atoms with Gasteiger partial charge in [-0.3, -0.25) is 4.79 Å². The van der Waals surface area contributed by atoms with Gasteiger partial charge in [0.05, 0.1) is 0 Å². The van der Waals surface area contributed by atoms with Crippen LogP contribution in [0.2, 0.25) is 0 Å². The summed E-state index contributed by atoms with van der Waals surface area (Å²) in [6.45, 7) is 3.49. The SMILES string of the molecule is CC(C)[C@H](NC(=O)[C@@H](Cc1cn(C)c2ccccc12)NCl)C(=O)O. The van der Waals surface area contributed by atoms with Gasteiger partial charge in [0, 0.05) is 30.6 Å². The van der Waals surface area contributed by atoms with Crippen molar-refractivity contribution < 1.29 is 14.7 Å². The summed E-state index contributed by atoms with van der Waals surface area (Å²) in [6, 6.07) is 6.21. The molecule has 7 heteroatoms. The summed E-state index contributed by atoms with van der Waals surface area (Å²) in [5.74, 6) is -1.71. The highest BCUT2D eigenvalue weighted by Crippen LogP contribution is 2.21. The molecule has 130 valence electrons. The number of amides is 1. The number of halogens is 1. The largest absolute Gasteiger partial charge is 0.480 e. The van der Waals surface area contributed by atoms with Gasteiger partial charge >= 0.3 is 5.97 Å². The maximum atomic E-state index is 12.4. The van der Waals surface area contributed by atoms with E-state index >= 15 is 0 Å². The molecule has 0 unspecified atom stereocenters. The maximum Gasteiger partial charge on any atom is 0.326 e. The molecular formula is C17H22ClN3O3. The van der Waals surface area contributed by atoms with Crippen LogP contribution in [-0.4, -0.2) is 33.6 Å². The van der Waals surface area contributed by atoms with Crippen molar-refractivity contribution in [3.05, 3.63) is 36.0 Å². The minimum Gasteiger partial charge on any atom is -0.480 e. The van der Waals surface area contributed by atoms with Crippen LogP contribution in [0.4, 0.5) is 0 Å². The van der Waals surface area contributed by atoms with Gasteiger partial charge in [0.15, 0.2) is 0 Å². The number of benzene rings is 1. The van der Waals surface area contributed by atoms with E-state index in [9.17, 15) is 14.7 Å². The summed E-state index contributed by atoms with van der Waals surface area (Å²) < 4.78 is 1.99. The van der Waals surface area contributed by atoms with E-state index in [0.717, 1.165) is 16.5 Å². The Hall–Kier alpha value is -2.05. The zero-order valence-corrected chi connectivity index (χ0v) is 14.7. The first-order chi connectivity index (χ1) is 11.3. The van der Waals surface area contributed by atoms with Gasteiger partial charge in [0.2, 0.25) is 5.91 Å². The minimum absolute atomic E-state index is 0.222. The first-order valence-electron chi connectivity index (χ1n) is 7.77. The molecule has 1 aromatic carbocycles. The predicted octanol–water partition coefficient (Wildman–Crippen LogP) is 2.06. The summed E-state index contributed by atoms with van der Waals surface area (Å²) in [7, 11) is 1.94. The van der Waals surface area contributed by atoms with E-state index in [1.54, 1.807) is 13.8 Å². The fraction of sp³-hybridized carbons (Fsp3) is 0.412. The highest BCUT2D eigenvalue weighted by atomic mass is 35.5. The molecule has 0 radical (unpaired) electrons. The highest BCUT2D eigenvalue weighted by molar-refractivity contribution is 6.15. The van der Waals surface area contributed by atoms with E-state index in [-0.39, 0.29) is 5.92 Å². The number of hydrogen-bond donors (Lipinski definition) is 3. The van der Waals surface area contributed by atoms with Gasteiger partial charge in [-0.15, -0.1) is 0 Å². The van der Waals surface area contributed by atoms with Crippen LogP contribution in [0.3, 0.4) is 0 Å². The number of aryl methyl sites for hydroxylation is 1. The van der Waals surface area contributed by atoms with E-state index in [4.69, 9.17) is 11.8 Å². The van der Waals surface area contributed by atoms with Crippen molar-refractivity contribution in [2.45, 2.75) is 32.4 Å². The lowest BCUT2D eigenvalue weighted by molar-refractivity contribution is -0.143. The van der Waals surface area contributed by atoms with Crippen molar-refractivity contribution in [1.82, 2.24) is 14.7 Å². The standard InChI is InChI=1S/C17H22ClN3O3/c1-10(2)15(17(23)24)19-16(22)13(20-18)8-11-9-21(3)14-7-5-4-6-12(11)14/h4-7,9-10,13,15,20H,8H2,1-3H3,(H,19,22)(H,23,24)/t13-,15+/m1/s1. The smallest absolute Gasteiger partial charge is 0.326 e. The lowest BCUT2D eigenvalue weighted by Gasteiger charge is -2.21. The van der Waals surface area contributed by atoms with Crippen LogP contribution in [0.25, 0.3) is 10.9 Å². The molecule has 0 saturated heterocycles. The van der Waals surface area contributed by atoms with Gasteiger partial charge in [-0.05, 0) is 29.3 Å². The second kappa shape index (κ2) is 7.68. The average Bonchev–Trinajstić information content (AvgIpc) is 2.86. The second-order valence-electron chi connectivity index (χ2n) is 6.22. The van der Waals surface area contributed by atoms with Crippen molar-refractivity contribution in [3.8, 4) is 0 Å². The third-order valence-corrected chi connectivity index (χ3v) is 4.35. The van der Waals surface area contributed by atoms with Crippen LogP contribution in [0, 0.1) is 5.92 Å². The van der Waals surface area contributed by atoms with Crippen LogP contribution in [0.5, 0.6) is 0 Å². The maximum absolute atomic E-state index is 12.4. The Morgan fingerprint density at radius 1 is 1.29 bits per heavy atom. The van der Waals surface area contributed by atoms with Crippen LogP contribution in [0.1, 0.15) is 19.4 Å². The van der Waals surface area contributed by atoms with Gasteiger partial charge in [-0.2, -0.15) is 0 Å². The molecule has 24 heavy (non-hydrogen) atoms. The van der Waals surface area contributed by atoms with Crippen LogP contribution in [-0.2, 0) is 23.1 Å². The second-order valence-corrected chi connectivity index (χ2v) is 6.43. The summed E-state index contributed by atoms with van der Waals surface area (Å²) in [5, 5.41) is 12.8. The quantitative estimate of drug-likeness (QED) is 0.667. The zero-order valence-electron chi connectivity index (χ0n) is 13.9. The Labute approximate surface area is 145 Å². The molecule has 0 spiro atoms. The van der Waals surface area contributed by atoms with Crippen molar-refractivity contribution >= 4 is 34.6 Å². The molecule has 0 bridgehead atoms. The molecule has 2 rings (SSSR count). The number of carbonyl (C=O) groups is 2. The lowest BCUT2D eigenvalue weighted by Crippen LogP contribution is -2.51. The monoisotopic (exact) mass is 351 g/mol. The lowest BCUT2D eigenvalue weighted by atomic mass is 10.0. The predicted molar refractivity (Wildman–Crippen MR) is 93.8 cm³/mol. The molecule has 0 aliphatic heterocycles. The van der Waals surface area contributed by atoms with Crippen LogP contribution < -0.4 is 10.2 Å². The third-order valence-electron chi connectivity index (χ3n) is 4.08.